The number of aromatic nitrogens is 2. The van der Waals surface area contributed by atoms with E-state index in [1.54, 1.807) is 11.0 Å². The number of hydrogen-bond donors (Lipinski definition) is 0. The van der Waals surface area contributed by atoms with Gasteiger partial charge < -0.3 is 9.42 Å². The van der Waals surface area contributed by atoms with Crippen LogP contribution in [0.3, 0.4) is 0 Å². The first-order valence-electron chi connectivity index (χ1n) is 8.62. The molecule has 1 fully saturated rings. The van der Waals surface area contributed by atoms with Gasteiger partial charge >= 0.3 is 0 Å². The first kappa shape index (κ1) is 17.7. The number of rotatable bonds is 4. The minimum absolute atomic E-state index is 0.000771. The van der Waals surface area contributed by atoms with Gasteiger partial charge in [-0.05, 0) is 30.7 Å². The van der Waals surface area contributed by atoms with Crippen LogP contribution in [0.4, 0.5) is 4.39 Å². The molecule has 0 spiro atoms. The van der Waals surface area contributed by atoms with Crippen molar-refractivity contribution >= 4 is 17.5 Å². The van der Waals surface area contributed by atoms with E-state index in [9.17, 15) is 9.18 Å². The summed E-state index contributed by atoms with van der Waals surface area (Å²) in [6.07, 6.45) is 0.331. The number of carbonyl (C=O) groups excluding carboxylic acids is 1. The third kappa shape index (κ3) is 3.71. The zero-order valence-electron chi connectivity index (χ0n) is 14.7. The molecule has 138 valence electrons. The Labute approximate surface area is 160 Å². The number of amides is 1. The average Bonchev–Trinajstić information content (AvgIpc) is 3.27. The number of benzene rings is 2. The molecule has 4 rings (SSSR count). The average molecular weight is 386 g/mol. The number of carbonyl (C=O) groups is 1. The topological polar surface area (TPSA) is 59.2 Å². The molecular weight excluding hydrogens is 369 g/mol. The fourth-order valence-corrected chi connectivity index (χ4v) is 3.34. The molecule has 1 aromatic heterocycles. The van der Waals surface area contributed by atoms with Gasteiger partial charge in [-0.2, -0.15) is 4.98 Å². The van der Waals surface area contributed by atoms with Crippen LogP contribution in [-0.2, 0) is 11.3 Å². The molecule has 0 N–H and O–H groups in total. The van der Waals surface area contributed by atoms with Crippen LogP contribution < -0.4 is 0 Å². The molecule has 5 nitrogen and oxygen atoms in total. The van der Waals surface area contributed by atoms with E-state index in [0.717, 1.165) is 5.56 Å². The molecule has 1 unspecified atom stereocenters. The van der Waals surface area contributed by atoms with Gasteiger partial charge in [0.2, 0.25) is 17.6 Å². The zero-order valence-corrected chi connectivity index (χ0v) is 15.4. The maximum absolute atomic E-state index is 13.3. The second-order valence-electron chi connectivity index (χ2n) is 6.75. The Bertz CT molecular complexity index is 987. The highest BCUT2D eigenvalue weighted by Gasteiger charge is 2.34. The predicted octanol–water partition coefficient (Wildman–Crippen LogP) is 4.35. The summed E-state index contributed by atoms with van der Waals surface area (Å²) < 4.78 is 18.7. The van der Waals surface area contributed by atoms with Crippen molar-refractivity contribution in [2.24, 2.45) is 0 Å². The predicted molar refractivity (Wildman–Crippen MR) is 98.7 cm³/mol. The van der Waals surface area contributed by atoms with Gasteiger partial charge in [0.05, 0.1) is 10.9 Å². The van der Waals surface area contributed by atoms with Crippen molar-refractivity contribution in [3.8, 4) is 11.4 Å². The molecule has 1 aliphatic heterocycles. The van der Waals surface area contributed by atoms with Crippen LogP contribution in [0, 0.1) is 12.7 Å². The quantitative estimate of drug-likeness (QED) is 0.669. The van der Waals surface area contributed by atoms with Crippen LogP contribution in [-0.4, -0.2) is 27.5 Å². The van der Waals surface area contributed by atoms with Gasteiger partial charge in [-0.25, -0.2) is 4.39 Å². The third-order valence-electron chi connectivity index (χ3n) is 4.68. The van der Waals surface area contributed by atoms with Crippen molar-refractivity contribution in [3.63, 3.8) is 0 Å². The molecule has 0 bridgehead atoms. The van der Waals surface area contributed by atoms with Crippen LogP contribution >= 0.6 is 11.6 Å². The van der Waals surface area contributed by atoms with Crippen molar-refractivity contribution < 1.29 is 13.7 Å². The van der Waals surface area contributed by atoms with Gasteiger partial charge in [0.15, 0.2) is 0 Å². The molecule has 3 aromatic rings. The van der Waals surface area contributed by atoms with Crippen molar-refractivity contribution in [2.75, 3.05) is 6.54 Å². The number of hydrogen-bond acceptors (Lipinski definition) is 4. The monoisotopic (exact) mass is 385 g/mol. The summed E-state index contributed by atoms with van der Waals surface area (Å²) in [7, 11) is 0. The SMILES string of the molecule is Cc1ccc(CN2CC(c3nc(-c4ccc(F)c(Cl)c4)no3)CC2=O)cc1. The van der Waals surface area contributed by atoms with Crippen molar-refractivity contribution in [1.82, 2.24) is 15.0 Å². The Kier molecular flexibility index (Phi) is 4.66. The molecule has 1 atom stereocenters. The maximum atomic E-state index is 13.3. The van der Waals surface area contributed by atoms with E-state index in [0.29, 0.717) is 36.8 Å². The second kappa shape index (κ2) is 7.12. The van der Waals surface area contributed by atoms with Gasteiger partial charge in [-0.3, -0.25) is 4.79 Å². The summed E-state index contributed by atoms with van der Waals surface area (Å²) in [6.45, 7) is 3.12. The molecule has 0 radical (unpaired) electrons. The molecule has 1 saturated heterocycles. The fourth-order valence-electron chi connectivity index (χ4n) is 3.16. The molecule has 0 saturated carbocycles. The lowest BCUT2D eigenvalue weighted by molar-refractivity contribution is -0.128. The van der Waals surface area contributed by atoms with E-state index in [1.165, 1.54) is 17.7 Å². The zero-order chi connectivity index (χ0) is 19.0. The normalized spacial score (nSPS) is 16.9. The smallest absolute Gasteiger partial charge is 0.232 e. The number of aryl methyl sites for hydroxylation is 1. The number of halogens is 2. The Morgan fingerprint density at radius 3 is 2.78 bits per heavy atom. The standard InChI is InChI=1S/C20H17ClFN3O2/c1-12-2-4-13(5-3-12)10-25-11-15(9-18(25)26)20-23-19(24-27-20)14-6-7-17(22)16(21)8-14/h2-8,15H,9-11H2,1H3. The minimum atomic E-state index is -0.503. The molecule has 2 heterocycles. The molecule has 27 heavy (non-hydrogen) atoms. The molecule has 7 heteroatoms. The van der Waals surface area contributed by atoms with Crippen LogP contribution in [0.1, 0.15) is 29.4 Å². The lowest BCUT2D eigenvalue weighted by Crippen LogP contribution is -2.24. The van der Waals surface area contributed by atoms with Crippen LogP contribution in [0.15, 0.2) is 47.0 Å². The number of likely N-dealkylation sites (tertiary alicyclic amines) is 1. The minimum Gasteiger partial charge on any atom is -0.339 e. The molecular formula is C20H17ClFN3O2. The summed E-state index contributed by atoms with van der Waals surface area (Å²) in [5.41, 5.74) is 2.84. The summed E-state index contributed by atoms with van der Waals surface area (Å²) in [5.74, 6) is 0.143. The Hall–Kier alpha value is -2.73. The molecule has 1 amide bonds. The largest absolute Gasteiger partial charge is 0.339 e. The van der Waals surface area contributed by atoms with E-state index in [1.807, 2.05) is 31.2 Å². The van der Waals surface area contributed by atoms with Crippen molar-refractivity contribution in [1.29, 1.82) is 0 Å². The van der Waals surface area contributed by atoms with Gasteiger partial charge in [0.25, 0.3) is 0 Å². The fraction of sp³-hybridized carbons (Fsp3) is 0.250. The Balaban J connectivity index is 1.48. The van der Waals surface area contributed by atoms with Crippen molar-refractivity contribution in [3.05, 3.63) is 70.3 Å². The van der Waals surface area contributed by atoms with Crippen LogP contribution in [0.2, 0.25) is 5.02 Å². The Morgan fingerprint density at radius 2 is 2.04 bits per heavy atom. The summed E-state index contributed by atoms with van der Waals surface area (Å²) in [6, 6.07) is 12.4. The number of nitrogens with zero attached hydrogens (tertiary/aromatic N) is 3. The lowest BCUT2D eigenvalue weighted by Gasteiger charge is -2.16. The van der Waals surface area contributed by atoms with E-state index in [2.05, 4.69) is 10.1 Å². The highest BCUT2D eigenvalue weighted by Crippen LogP contribution is 2.30. The highest BCUT2D eigenvalue weighted by atomic mass is 35.5. The van der Waals surface area contributed by atoms with Gasteiger partial charge in [-0.1, -0.05) is 46.6 Å². The molecule has 1 aliphatic rings. The van der Waals surface area contributed by atoms with E-state index < -0.39 is 5.82 Å². The van der Waals surface area contributed by atoms with E-state index in [4.69, 9.17) is 16.1 Å². The van der Waals surface area contributed by atoms with Crippen LogP contribution in [0.25, 0.3) is 11.4 Å². The summed E-state index contributed by atoms with van der Waals surface area (Å²) >= 11 is 5.81. The second-order valence-corrected chi connectivity index (χ2v) is 7.15. The molecule has 0 aliphatic carbocycles. The highest BCUT2D eigenvalue weighted by molar-refractivity contribution is 6.31. The third-order valence-corrected chi connectivity index (χ3v) is 4.97. The van der Waals surface area contributed by atoms with E-state index >= 15 is 0 Å². The van der Waals surface area contributed by atoms with Crippen molar-refractivity contribution in [2.45, 2.75) is 25.8 Å². The van der Waals surface area contributed by atoms with E-state index in [-0.39, 0.29) is 16.8 Å². The van der Waals surface area contributed by atoms with Gasteiger partial charge in [0, 0.05) is 25.1 Å². The maximum Gasteiger partial charge on any atom is 0.232 e. The summed E-state index contributed by atoms with van der Waals surface area (Å²) in [5, 5.41) is 3.95. The van der Waals surface area contributed by atoms with Crippen LogP contribution in [0.5, 0.6) is 0 Å². The van der Waals surface area contributed by atoms with Gasteiger partial charge in [-0.15, -0.1) is 0 Å². The first-order chi connectivity index (χ1) is 13.0. The first-order valence-corrected chi connectivity index (χ1v) is 9.00. The lowest BCUT2D eigenvalue weighted by atomic mass is 10.1. The molecule has 2 aromatic carbocycles. The van der Waals surface area contributed by atoms with Gasteiger partial charge in [0.1, 0.15) is 5.82 Å². The summed E-state index contributed by atoms with van der Waals surface area (Å²) in [4.78, 5) is 18.5. The Morgan fingerprint density at radius 1 is 1.26 bits per heavy atom.